The van der Waals surface area contributed by atoms with E-state index in [-0.39, 0.29) is 29.2 Å². The first kappa shape index (κ1) is 8.66. The Hall–Kier alpha value is 2.08. The molecule has 3 aliphatic heterocycles. The van der Waals surface area contributed by atoms with Crippen LogP contribution in [0.4, 0.5) is 0 Å². The van der Waals surface area contributed by atoms with Crippen molar-refractivity contribution in [3.63, 3.8) is 0 Å². The van der Waals surface area contributed by atoms with Crippen LogP contribution in [-0.4, -0.2) is 24.0 Å². The molecule has 2 bridgehead atoms. The van der Waals surface area contributed by atoms with Crippen molar-refractivity contribution < 1.29 is 60.0 Å². The summed E-state index contributed by atoms with van der Waals surface area (Å²) < 4.78 is 12.7. The van der Waals surface area contributed by atoms with E-state index in [0.29, 0.717) is 0 Å². The van der Waals surface area contributed by atoms with Gasteiger partial charge < -0.3 is 0 Å². The molecule has 1 N–H and O–H groups in total. The molecule has 0 aromatic heterocycles. The van der Waals surface area contributed by atoms with Crippen LogP contribution < -0.4 is 0 Å². The van der Waals surface area contributed by atoms with Gasteiger partial charge in [-0.15, -0.1) is 0 Å². The number of fused-ring (bicyclic) bond motifs is 3. The first-order chi connectivity index (χ1) is 4.90. The van der Waals surface area contributed by atoms with Gasteiger partial charge in [0.25, 0.3) is 0 Å². The Kier molecular flexibility index (Phi) is 3.34. The van der Waals surface area contributed by atoms with E-state index in [2.05, 4.69) is 4.90 Å². The summed E-state index contributed by atoms with van der Waals surface area (Å²) in [4.78, 5) is 2.61. The molecule has 0 aromatic carbocycles. The topological polar surface area (TPSA) is 23.5 Å². The second-order valence-corrected chi connectivity index (χ2v) is 11.5. The van der Waals surface area contributed by atoms with Gasteiger partial charge in [0, 0.05) is 0 Å². The van der Waals surface area contributed by atoms with Gasteiger partial charge in [0.15, 0.2) is 0 Å². The number of nitrogens with zero attached hydrogens (tertiary/aromatic N) is 1. The van der Waals surface area contributed by atoms with Crippen LogP contribution in [0.2, 0.25) is 5.68 Å². The molecule has 0 aromatic rings. The molecule has 53 valence electrons. The predicted octanol–water partition coefficient (Wildman–Crippen LogP) is 0.315. The molecular formula is C6H11NOUY. The molecule has 0 aliphatic carbocycles. The van der Waals surface area contributed by atoms with Gasteiger partial charge in [0.2, 0.25) is 0 Å². The molecule has 0 amide bonds. The summed E-state index contributed by atoms with van der Waals surface area (Å²) in [7, 11) is 0. The van der Waals surface area contributed by atoms with E-state index in [1.54, 1.807) is 0 Å². The van der Waals surface area contributed by atoms with Crippen LogP contribution in [0.1, 0.15) is 6.42 Å². The van der Waals surface area contributed by atoms with Crippen molar-refractivity contribution in [1.82, 2.24) is 4.90 Å². The molecule has 2 nitrogen and oxygen atoms in total. The molecule has 3 atom stereocenters. The maximum absolute atomic E-state index is 9.23. The van der Waals surface area contributed by atoms with Crippen LogP contribution >= 0.6 is 0 Å². The Labute approximate surface area is 91.9 Å². The van der Waals surface area contributed by atoms with E-state index < -0.39 is 28.2 Å². The van der Waals surface area contributed by atoms with E-state index >= 15 is 0 Å². The molecular weight excluding hydrogens is 429 g/mol. The van der Waals surface area contributed by atoms with Gasteiger partial charge >= 0.3 is 93.5 Å². The van der Waals surface area contributed by atoms with E-state index in [0.717, 1.165) is 5.68 Å². The van der Waals surface area contributed by atoms with E-state index in [9.17, 15) is 2.61 Å². The third-order valence-electron chi connectivity index (χ3n) is 2.58. The quantitative estimate of drug-likeness (QED) is 0.636. The summed E-state index contributed by atoms with van der Waals surface area (Å²) in [6.45, 7) is 2.65. The molecule has 3 fully saturated rings. The van der Waals surface area contributed by atoms with E-state index in [4.69, 9.17) is 0 Å². The van der Waals surface area contributed by atoms with Gasteiger partial charge in [-0.05, 0) is 0 Å². The summed E-state index contributed by atoms with van der Waals surface area (Å²) in [5, 5.41) is 0. The minimum atomic E-state index is -1.21. The fourth-order valence-electron chi connectivity index (χ4n) is 1.91. The summed E-state index contributed by atoms with van der Waals surface area (Å²) >= 11 is -1.40. The monoisotopic (exact) mass is 440 g/mol. The van der Waals surface area contributed by atoms with Gasteiger partial charge in [0.1, 0.15) is 0 Å². The number of piperidine rings is 1. The van der Waals surface area contributed by atoms with Crippen LogP contribution in [0.3, 0.4) is 0 Å². The number of hydrogen-bond acceptors (Lipinski definition) is 2. The standard InChI is InChI=1S/C6H10N.H2O.U.Y/c1-7-5-3-2-4-6-7;;;/h2-3H,1,4-6H2;1H2;;/q;;+1;/p-1. The zero-order chi connectivity index (χ0) is 6.97. The third kappa shape index (κ3) is 1.70. The van der Waals surface area contributed by atoms with Crippen molar-refractivity contribution in [3.05, 3.63) is 0 Å². The van der Waals surface area contributed by atoms with Crippen molar-refractivity contribution in [3.8, 4) is 0 Å². The molecule has 3 rings (SSSR count). The van der Waals surface area contributed by atoms with E-state index in [1.807, 2.05) is 0 Å². The SMILES string of the molecule is [OH][U][CH]1CN2CC[CH]1[Y][CH2]2. The fraction of sp³-hybridized carbons (Fsp3) is 1.00. The predicted molar refractivity (Wildman–Crippen MR) is 30.8 cm³/mol. The van der Waals surface area contributed by atoms with Crippen LogP contribution in [0.5, 0.6) is 0 Å². The van der Waals surface area contributed by atoms with E-state index in [1.165, 1.54) is 22.9 Å². The molecule has 3 unspecified atom stereocenters. The molecule has 3 saturated heterocycles. The summed E-state index contributed by atoms with van der Waals surface area (Å²) in [6.07, 6.45) is 1.46. The van der Waals surface area contributed by atoms with Gasteiger partial charge in [-0.3, -0.25) is 0 Å². The van der Waals surface area contributed by atoms with Crippen LogP contribution in [-0.2, 0) is 29.2 Å². The molecule has 10 heavy (non-hydrogen) atoms. The van der Waals surface area contributed by atoms with Crippen molar-refractivity contribution in [2.24, 2.45) is 0 Å². The molecule has 4 heteroatoms. The van der Waals surface area contributed by atoms with Crippen LogP contribution in [0.25, 0.3) is 0 Å². The minimum absolute atomic E-state index is 0.189. The summed E-state index contributed by atoms with van der Waals surface area (Å²) in [5.74, 6) is 0. The normalized spacial score (nSPS) is 43.5. The Balaban J connectivity index is 2.01. The van der Waals surface area contributed by atoms with Crippen molar-refractivity contribution in [2.45, 2.75) is 12.1 Å². The fourth-order valence-corrected chi connectivity index (χ4v) is 14.4. The second kappa shape index (κ2) is 3.86. The van der Waals surface area contributed by atoms with Crippen LogP contribution in [0.15, 0.2) is 0 Å². The third-order valence-corrected chi connectivity index (χ3v) is 15.7. The number of hydrogen-bond donors (Lipinski definition) is 1. The zero-order valence-corrected chi connectivity index (χ0v) is 13.0. The summed E-state index contributed by atoms with van der Waals surface area (Å²) in [6, 6.07) is 0. The maximum atomic E-state index is 9.23. The molecule has 0 spiro atoms. The second-order valence-electron chi connectivity index (χ2n) is 3.18. The molecule has 3 heterocycles. The Bertz CT molecular complexity index is 127. The Morgan fingerprint density at radius 3 is 2.80 bits per heavy atom. The van der Waals surface area contributed by atoms with Gasteiger partial charge in [0.05, 0.1) is 0 Å². The molecule has 0 saturated carbocycles. The molecule has 0 radical (unpaired) electrons. The van der Waals surface area contributed by atoms with Crippen molar-refractivity contribution in [1.29, 1.82) is 0 Å². The van der Waals surface area contributed by atoms with Gasteiger partial charge in [-0.25, -0.2) is 0 Å². The van der Waals surface area contributed by atoms with Crippen LogP contribution in [0, 0.1) is 28.2 Å². The Morgan fingerprint density at radius 2 is 2.50 bits per heavy atom. The first-order valence-electron chi connectivity index (χ1n) is 3.85. The van der Waals surface area contributed by atoms with Gasteiger partial charge in [-0.1, -0.05) is 0 Å². The average Bonchev–Trinajstić information content (AvgIpc) is 2.06. The summed E-state index contributed by atoms with van der Waals surface area (Å²) in [5.41, 5.74) is 0. The number of rotatable bonds is 1. The van der Waals surface area contributed by atoms with Crippen molar-refractivity contribution in [2.75, 3.05) is 16.4 Å². The first-order valence-corrected chi connectivity index (χ1v) is 11.8. The van der Waals surface area contributed by atoms with Gasteiger partial charge in [-0.2, -0.15) is 0 Å². The average molecular weight is 440 g/mol. The Morgan fingerprint density at radius 1 is 1.60 bits per heavy atom. The zero-order valence-electron chi connectivity index (χ0n) is 5.95. The molecule has 3 aliphatic rings. The van der Waals surface area contributed by atoms with Crippen molar-refractivity contribution >= 4 is 0 Å².